The van der Waals surface area contributed by atoms with Crippen LogP contribution >= 0.6 is 20.7 Å². The first-order valence-corrected chi connectivity index (χ1v) is 7.66. The van der Waals surface area contributed by atoms with Gasteiger partial charge in [0.25, 0.3) is 0 Å². The van der Waals surface area contributed by atoms with E-state index < -0.39 is 6.10 Å². The summed E-state index contributed by atoms with van der Waals surface area (Å²) in [5.41, 5.74) is 0. The minimum Gasteiger partial charge on any atom is -0.454 e. The normalized spacial score (nSPS) is 30.3. The van der Waals surface area contributed by atoms with Gasteiger partial charge in [0.15, 0.2) is 6.10 Å². The summed E-state index contributed by atoms with van der Waals surface area (Å²) < 4.78 is 6.74. The summed E-state index contributed by atoms with van der Waals surface area (Å²) in [4.78, 5) is 23.0. The molecule has 3 nitrogen and oxygen atoms in total. The van der Waals surface area contributed by atoms with E-state index in [-0.39, 0.29) is 32.5 Å². The molecule has 0 aromatic carbocycles. The van der Waals surface area contributed by atoms with Crippen LogP contribution < -0.4 is 0 Å². The highest BCUT2D eigenvalue weighted by atomic mass is 127. The third kappa shape index (κ3) is 2.46. The first-order valence-electron chi connectivity index (χ1n) is 5.33. The van der Waals surface area contributed by atoms with Gasteiger partial charge in [-0.15, -0.1) is 20.7 Å². The fourth-order valence-corrected chi connectivity index (χ4v) is 4.69. The van der Waals surface area contributed by atoms with E-state index in [1.165, 1.54) is 0 Å². The number of alkyl halides is 1. The molecule has 2 rings (SSSR count). The molecule has 0 aromatic heterocycles. The Morgan fingerprint density at radius 3 is 2.80 bits per heavy atom. The van der Waals surface area contributed by atoms with Crippen molar-refractivity contribution >= 4 is 36.0 Å². The zero-order chi connectivity index (χ0) is 11.0. The molecule has 1 fully saturated rings. The molecule has 84 valence electrons. The molecule has 1 saturated heterocycles. The van der Waals surface area contributed by atoms with Gasteiger partial charge in [-0.1, -0.05) is 13.8 Å². The Bertz CT molecular complexity index is 333. The Morgan fingerprint density at radius 1 is 1.53 bits per heavy atom. The standard InChI is InChI=1S/C11H15IO3/c1-6(2)9-10(12-9)11(14)7-4-3-5-8(13)15-7/h6-7,9H,3-5H2,1-2H3/t7-,9?/m0/s1. The van der Waals surface area contributed by atoms with Crippen molar-refractivity contribution in [2.45, 2.75) is 43.1 Å². The molecule has 0 N–H and O–H groups in total. The number of cyclic esters (lactones) is 1. The average Bonchev–Trinajstić information content (AvgIpc) is 2.96. The van der Waals surface area contributed by atoms with E-state index in [1.807, 2.05) is 0 Å². The fraction of sp³-hybridized carbons (Fsp3) is 0.727. The molecule has 2 atom stereocenters. The van der Waals surface area contributed by atoms with Crippen LogP contribution in [-0.4, -0.2) is 25.3 Å². The third-order valence-corrected chi connectivity index (χ3v) is 6.60. The first-order chi connectivity index (χ1) is 7.09. The van der Waals surface area contributed by atoms with Crippen LogP contribution in [0.2, 0.25) is 0 Å². The number of ketones is 1. The van der Waals surface area contributed by atoms with E-state index in [4.69, 9.17) is 4.74 Å². The summed E-state index contributed by atoms with van der Waals surface area (Å²) in [6.07, 6.45) is 1.56. The van der Waals surface area contributed by atoms with Crippen molar-refractivity contribution in [1.29, 1.82) is 0 Å². The quantitative estimate of drug-likeness (QED) is 0.452. The van der Waals surface area contributed by atoms with Gasteiger partial charge in [-0.3, -0.25) is 9.59 Å². The monoisotopic (exact) mass is 322 g/mol. The zero-order valence-electron chi connectivity index (χ0n) is 8.96. The van der Waals surface area contributed by atoms with Crippen molar-refractivity contribution in [1.82, 2.24) is 0 Å². The number of ether oxygens (including phenoxy) is 1. The van der Waals surface area contributed by atoms with Gasteiger partial charge in [-0.25, -0.2) is 0 Å². The molecule has 0 saturated carbocycles. The van der Waals surface area contributed by atoms with Crippen molar-refractivity contribution < 1.29 is 14.3 Å². The van der Waals surface area contributed by atoms with Crippen molar-refractivity contribution in [3.8, 4) is 0 Å². The number of rotatable bonds is 3. The van der Waals surface area contributed by atoms with Crippen molar-refractivity contribution in [3.63, 3.8) is 0 Å². The maximum absolute atomic E-state index is 11.9. The molecule has 0 aliphatic carbocycles. The lowest BCUT2D eigenvalue weighted by Gasteiger charge is -2.20. The molecule has 0 radical (unpaired) electrons. The molecular weight excluding hydrogens is 307 g/mol. The smallest absolute Gasteiger partial charge is 0.306 e. The van der Waals surface area contributed by atoms with Gasteiger partial charge in [-0.2, -0.15) is 0 Å². The molecule has 2 aliphatic rings. The Labute approximate surface area is 99.3 Å². The summed E-state index contributed by atoms with van der Waals surface area (Å²) in [5.74, 6) is 0.505. The first kappa shape index (κ1) is 11.2. The highest BCUT2D eigenvalue weighted by Gasteiger charge is 2.40. The fourth-order valence-electron chi connectivity index (χ4n) is 1.75. The molecule has 0 amide bonds. The van der Waals surface area contributed by atoms with Crippen LogP contribution in [0.15, 0.2) is 0 Å². The molecule has 15 heavy (non-hydrogen) atoms. The van der Waals surface area contributed by atoms with Crippen molar-refractivity contribution in [2.24, 2.45) is 5.92 Å². The number of carbonyl (C=O) groups is 2. The number of esters is 1. The van der Waals surface area contributed by atoms with Crippen LogP contribution in [0, 0.1) is 5.92 Å². The highest BCUT2D eigenvalue weighted by Crippen LogP contribution is 2.39. The molecular formula is C11H15IO3. The predicted octanol–water partition coefficient (Wildman–Crippen LogP) is 1.83. The van der Waals surface area contributed by atoms with Gasteiger partial charge in [-0.05, 0) is 18.8 Å². The van der Waals surface area contributed by atoms with Gasteiger partial charge < -0.3 is 4.74 Å². The lowest BCUT2D eigenvalue weighted by atomic mass is 9.99. The largest absolute Gasteiger partial charge is 0.454 e. The Kier molecular flexibility index (Phi) is 3.23. The SMILES string of the molecule is CC(C)C1I=C1C(=O)[C@@H]1CCCC(=O)O1. The van der Waals surface area contributed by atoms with Crippen LogP contribution in [0.5, 0.6) is 0 Å². The van der Waals surface area contributed by atoms with E-state index >= 15 is 0 Å². The summed E-state index contributed by atoms with van der Waals surface area (Å²) in [6.45, 7) is 4.30. The molecule has 2 aliphatic heterocycles. The topological polar surface area (TPSA) is 43.4 Å². The average molecular weight is 322 g/mol. The number of halogens is 1. The highest BCUT2D eigenvalue weighted by molar-refractivity contribution is 14.2. The number of hydrogen-bond donors (Lipinski definition) is 0. The Hall–Kier alpha value is -0.260. The minimum absolute atomic E-state index is 0.0381. The van der Waals surface area contributed by atoms with Gasteiger partial charge in [0, 0.05) is 13.9 Å². The van der Waals surface area contributed by atoms with Crippen LogP contribution in [0.25, 0.3) is 0 Å². The Morgan fingerprint density at radius 2 is 2.27 bits per heavy atom. The summed E-state index contributed by atoms with van der Waals surface area (Å²) in [6, 6.07) is 0. The molecule has 0 aromatic rings. The van der Waals surface area contributed by atoms with Gasteiger partial charge in [0.1, 0.15) is 0 Å². The second kappa shape index (κ2) is 4.31. The second-order valence-corrected chi connectivity index (χ2v) is 7.46. The van der Waals surface area contributed by atoms with E-state index in [9.17, 15) is 9.59 Å². The summed E-state index contributed by atoms with van der Waals surface area (Å²) in [7, 11) is 0. The van der Waals surface area contributed by atoms with Gasteiger partial charge >= 0.3 is 5.97 Å². The van der Waals surface area contributed by atoms with Crippen LogP contribution in [0.1, 0.15) is 33.1 Å². The maximum atomic E-state index is 11.9. The molecule has 0 bridgehead atoms. The van der Waals surface area contributed by atoms with E-state index in [2.05, 4.69) is 13.8 Å². The van der Waals surface area contributed by atoms with Crippen LogP contribution in [0.4, 0.5) is 0 Å². The minimum atomic E-state index is -0.440. The van der Waals surface area contributed by atoms with Gasteiger partial charge in [0.2, 0.25) is 5.78 Å². The number of hydrogen-bond acceptors (Lipinski definition) is 3. The summed E-state index contributed by atoms with van der Waals surface area (Å²) >= 11 is -0.0381. The second-order valence-electron chi connectivity index (χ2n) is 4.34. The van der Waals surface area contributed by atoms with Crippen molar-refractivity contribution in [3.05, 3.63) is 0 Å². The van der Waals surface area contributed by atoms with E-state index in [0.717, 1.165) is 16.4 Å². The number of Topliss-reactive ketones (excluding diaryl/α,β-unsaturated/α-hetero) is 1. The van der Waals surface area contributed by atoms with Gasteiger partial charge in [0.05, 0.1) is 0 Å². The molecule has 4 heteroatoms. The molecule has 0 spiro atoms. The summed E-state index contributed by atoms with van der Waals surface area (Å²) in [5, 5.41) is 0. The van der Waals surface area contributed by atoms with Crippen LogP contribution in [-0.2, 0) is 14.3 Å². The van der Waals surface area contributed by atoms with E-state index in [0.29, 0.717) is 16.3 Å². The lowest BCUT2D eigenvalue weighted by Crippen LogP contribution is -2.35. The third-order valence-electron chi connectivity index (χ3n) is 2.66. The van der Waals surface area contributed by atoms with E-state index in [1.54, 1.807) is 0 Å². The Balaban J connectivity index is 1.92. The van der Waals surface area contributed by atoms with Crippen LogP contribution in [0.3, 0.4) is 0 Å². The molecule has 1 unspecified atom stereocenters. The number of carbonyl (C=O) groups excluding carboxylic acids is 2. The van der Waals surface area contributed by atoms with Crippen molar-refractivity contribution in [2.75, 3.05) is 0 Å². The predicted molar refractivity (Wildman–Crippen MR) is 66.4 cm³/mol. The zero-order valence-corrected chi connectivity index (χ0v) is 11.1. The maximum Gasteiger partial charge on any atom is 0.306 e. The lowest BCUT2D eigenvalue weighted by molar-refractivity contribution is -0.157. The molecule has 2 heterocycles.